The normalized spacial score (nSPS) is 14.3. The number of carbonyl (C=O) groups excluding carboxylic acids is 1. The summed E-state index contributed by atoms with van der Waals surface area (Å²) in [5.74, 6) is 0.952. The number of nitrogens with zero attached hydrogens (tertiary/aromatic N) is 3. The van der Waals surface area contributed by atoms with Crippen LogP contribution in [-0.4, -0.2) is 41.7 Å². The first-order valence-corrected chi connectivity index (χ1v) is 11.0. The fourth-order valence-corrected chi connectivity index (χ4v) is 3.64. The van der Waals surface area contributed by atoms with E-state index >= 15 is 0 Å². The SMILES string of the molecule is CC(C)COc1ccc(CNC(=O)N(Cc2ccc(F)cc2)C2CCN(N=O)CC2)cc1. The molecule has 0 atom stereocenters. The minimum atomic E-state index is -0.309. The first-order chi connectivity index (χ1) is 15.4. The number of nitrogens with one attached hydrogen (secondary N) is 1. The van der Waals surface area contributed by atoms with E-state index in [4.69, 9.17) is 4.74 Å². The molecule has 7 nitrogen and oxygen atoms in total. The molecule has 0 radical (unpaired) electrons. The minimum absolute atomic E-state index is 0.0233. The Hall–Kier alpha value is -3.16. The third kappa shape index (κ3) is 6.93. The number of halogens is 1. The Bertz CT molecular complexity index is 866. The lowest BCUT2D eigenvalue weighted by atomic mass is 10.0. The Balaban J connectivity index is 1.62. The molecule has 1 fully saturated rings. The molecule has 0 bridgehead atoms. The quantitative estimate of drug-likeness (QED) is 0.571. The van der Waals surface area contributed by atoms with Crippen LogP contribution in [-0.2, 0) is 13.1 Å². The van der Waals surface area contributed by atoms with Crippen molar-refractivity contribution in [1.82, 2.24) is 15.2 Å². The van der Waals surface area contributed by atoms with Gasteiger partial charge in [-0.1, -0.05) is 38.1 Å². The van der Waals surface area contributed by atoms with Crippen molar-refractivity contribution in [3.8, 4) is 5.75 Å². The molecule has 1 aliphatic rings. The predicted octanol–water partition coefficient (Wildman–Crippen LogP) is 4.72. The third-order valence-corrected chi connectivity index (χ3v) is 5.47. The zero-order valence-corrected chi connectivity index (χ0v) is 18.7. The maximum atomic E-state index is 13.3. The molecule has 2 aromatic carbocycles. The molecule has 1 aliphatic heterocycles. The van der Waals surface area contributed by atoms with Crippen LogP contribution in [0.4, 0.5) is 9.18 Å². The maximum absolute atomic E-state index is 13.3. The fraction of sp³-hybridized carbons (Fsp3) is 0.458. The number of piperidine rings is 1. The lowest BCUT2D eigenvalue weighted by molar-refractivity contribution is 0.117. The molecule has 1 N–H and O–H groups in total. The van der Waals surface area contributed by atoms with E-state index in [1.807, 2.05) is 24.3 Å². The van der Waals surface area contributed by atoms with Gasteiger partial charge in [0.2, 0.25) is 0 Å². The molecule has 0 aliphatic carbocycles. The zero-order chi connectivity index (χ0) is 22.9. The molecule has 1 heterocycles. The lowest BCUT2D eigenvalue weighted by Gasteiger charge is -2.36. The molecular formula is C24H31FN4O3. The molecular weight excluding hydrogens is 411 g/mol. The smallest absolute Gasteiger partial charge is 0.318 e. The summed E-state index contributed by atoms with van der Waals surface area (Å²) in [5.41, 5.74) is 1.82. The van der Waals surface area contributed by atoms with Gasteiger partial charge in [0.25, 0.3) is 0 Å². The summed E-state index contributed by atoms with van der Waals surface area (Å²) < 4.78 is 19.0. The summed E-state index contributed by atoms with van der Waals surface area (Å²) in [6, 6.07) is 13.6. The number of carbonyl (C=O) groups is 1. The summed E-state index contributed by atoms with van der Waals surface area (Å²) in [7, 11) is 0. The van der Waals surface area contributed by atoms with Crippen LogP contribution in [0.3, 0.4) is 0 Å². The Morgan fingerprint density at radius 2 is 1.75 bits per heavy atom. The van der Waals surface area contributed by atoms with Gasteiger partial charge in [0, 0.05) is 32.2 Å². The van der Waals surface area contributed by atoms with Crippen LogP contribution in [0, 0.1) is 16.6 Å². The van der Waals surface area contributed by atoms with E-state index in [9.17, 15) is 14.1 Å². The van der Waals surface area contributed by atoms with Crippen LogP contribution in [0.1, 0.15) is 37.8 Å². The number of hydrogen-bond acceptors (Lipinski definition) is 4. The van der Waals surface area contributed by atoms with Gasteiger partial charge in [0.1, 0.15) is 11.6 Å². The van der Waals surface area contributed by atoms with E-state index < -0.39 is 0 Å². The summed E-state index contributed by atoms with van der Waals surface area (Å²) in [6.45, 7) is 6.64. The fourth-order valence-electron chi connectivity index (χ4n) is 3.64. The Kier molecular flexibility index (Phi) is 8.41. The number of rotatable bonds is 9. The highest BCUT2D eigenvalue weighted by molar-refractivity contribution is 5.74. The van der Waals surface area contributed by atoms with Crippen LogP contribution < -0.4 is 10.1 Å². The van der Waals surface area contributed by atoms with Crippen LogP contribution in [0.2, 0.25) is 0 Å². The monoisotopic (exact) mass is 442 g/mol. The number of benzene rings is 2. The Morgan fingerprint density at radius 1 is 1.12 bits per heavy atom. The van der Waals surface area contributed by atoms with Gasteiger partial charge in [-0.25, -0.2) is 9.18 Å². The van der Waals surface area contributed by atoms with Gasteiger partial charge >= 0.3 is 6.03 Å². The average molecular weight is 443 g/mol. The van der Waals surface area contributed by atoms with Crippen molar-refractivity contribution in [3.05, 3.63) is 70.4 Å². The molecule has 172 valence electrons. The van der Waals surface area contributed by atoms with E-state index in [1.165, 1.54) is 17.1 Å². The van der Waals surface area contributed by atoms with Crippen LogP contribution in [0.5, 0.6) is 5.75 Å². The molecule has 32 heavy (non-hydrogen) atoms. The molecule has 3 rings (SSSR count). The second-order valence-corrected chi connectivity index (χ2v) is 8.53. The summed E-state index contributed by atoms with van der Waals surface area (Å²) in [6.07, 6.45) is 1.31. The average Bonchev–Trinajstić information content (AvgIpc) is 2.81. The highest BCUT2D eigenvalue weighted by Gasteiger charge is 2.28. The predicted molar refractivity (Wildman–Crippen MR) is 121 cm³/mol. The van der Waals surface area contributed by atoms with Crippen molar-refractivity contribution in [2.75, 3.05) is 19.7 Å². The van der Waals surface area contributed by atoms with Gasteiger partial charge < -0.3 is 15.0 Å². The Labute approximate surface area is 188 Å². The summed E-state index contributed by atoms with van der Waals surface area (Å²) in [5, 5.41) is 7.47. The molecule has 0 aromatic heterocycles. The van der Waals surface area contributed by atoms with E-state index in [0.29, 0.717) is 51.5 Å². The topological polar surface area (TPSA) is 74.2 Å². The van der Waals surface area contributed by atoms with Gasteiger partial charge in [-0.2, -0.15) is 0 Å². The van der Waals surface area contributed by atoms with Gasteiger partial charge in [-0.05, 0) is 54.2 Å². The largest absolute Gasteiger partial charge is 0.493 e. The number of nitroso groups, excluding NO2 is 1. The number of amides is 2. The number of urea groups is 1. The van der Waals surface area contributed by atoms with Gasteiger partial charge in [-0.15, -0.1) is 4.91 Å². The third-order valence-electron chi connectivity index (χ3n) is 5.47. The maximum Gasteiger partial charge on any atom is 0.318 e. The van der Waals surface area contributed by atoms with Crippen LogP contribution >= 0.6 is 0 Å². The lowest BCUT2D eigenvalue weighted by Crippen LogP contribution is -2.49. The van der Waals surface area contributed by atoms with E-state index in [2.05, 4.69) is 24.5 Å². The molecule has 2 aromatic rings. The van der Waals surface area contributed by atoms with Crippen molar-refractivity contribution < 1.29 is 13.9 Å². The second kappa shape index (κ2) is 11.5. The molecule has 0 unspecified atom stereocenters. The number of ether oxygens (including phenoxy) is 1. The minimum Gasteiger partial charge on any atom is -0.493 e. The van der Waals surface area contributed by atoms with Crippen molar-refractivity contribution in [2.45, 2.75) is 45.8 Å². The first kappa shape index (κ1) is 23.5. The van der Waals surface area contributed by atoms with Gasteiger partial charge in [0.05, 0.1) is 11.9 Å². The second-order valence-electron chi connectivity index (χ2n) is 8.53. The Morgan fingerprint density at radius 3 is 2.34 bits per heavy atom. The van der Waals surface area contributed by atoms with Crippen molar-refractivity contribution in [2.24, 2.45) is 11.2 Å². The molecule has 0 spiro atoms. The van der Waals surface area contributed by atoms with Crippen LogP contribution in [0.15, 0.2) is 53.8 Å². The van der Waals surface area contributed by atoms with Crippen molar-refractivity contribution >= 4 is 6.03 Å². The van der Waals surface area contributed by atoms with Gasteiger partial charge in [-0.3, -0.25) is 5.01 Å². The van der Waals surface area contributed by atoms with Crippen LogP contribution in [0.25, 0.3) is 0 Å². The highest BCUT2D eigenvalue weighted by Crippen LogP contribution is 2.20. The van der Waals surface area contributed by atoms with E-state index in [-0.39, 0.29) is 17.9 Å². The molecule has 0 saturated carbocycles. The summed E-state index contributed by atoms with van der Waals surface area (Å²) >= 11 is 0. The standard InChI is InChI=1S/C24H31FN4O3/c1-18(2)17-32-23-9-5-19(6-10-23)15-26-24(30)29(16-20-3-7-21(25)8-4-20)22-11-13-28(27-31)14-12-22/h3-10,18,22H,11-17H2,1-2H3,(H,26,30). The number of hydrogen-bond donors (Lipinski definition) is 1. The first-order valence-electron chi connectivity index (χ1n) is 11.0. The van der Waals surface area contributed by atoms with Crippen molar-refractivity contribution in [1.29, 1.82) is 0 Å². The van der Waals surface area contributed by atoms with E-state index in [1.54, 1.807) is 17.0 Å². The highest BCUT2D eigenvalue weighted by atomic mass is 19.1. The van der Waals surface area contributed by atoms with Gasteiger partial charge in [0.15, 0.2) is 0 Å². The van der Waals surface area contributed by atoms with Crippen molar-refractivity contribution in [3.63, 3.8) is 0 Å². The summed E-state index contributed by atoms with van der Waals surface area (Å²) in [4.78, 5) is 25.7. The zero-order valence-electron chi connectivity index (χ0n) is 18.7. The molecule has 1 saturated heterocycles. The molecule has 2 amide bonds. The van der Waals surface area contributed by atoms with E-state index in [0.717, 1.165) is 16.9 Å². The molecule has 8 heteroatoms.